The van der Waals surface area contributed by atoms with E-state index in [-0.39, 0.29) is 6.04 Å². The molecule has 15 heavy (non-hydrogen) atoms. The molecule has 0 amide bonds. The van der Waals surface area contributed by atoms with Gasteiger partial charge in [0, 0.05) is 12.5 Å². The molecule has 0 aliphatic carbocycles. The summed E-state index contributed by atoms with van der Waals surface area (Å²) in [5, 5.41) is 3.35. The van der Waals surface area contributed by atoms with Crippen molar-refractivity contribution in [1.29, 1.82) is 0 Å². The van der Waals surface area contributed by atoms with E-state index < -0.39 is 0 Å². The average molecular weight is 203 g/mol. The Morgan fingerprint density at radius 3 is 2.53 bits per heavy atom. The van der Waals surface area contributed by atoms with Crippen LogP contribution < -0.4 is 10.1 Å². The summed E-state index contributed by atoms with van der Waals surface area (Å²) in [6.07, 6.45) is 6.05. The van der Waals surface area contributed by atoms with Crippen molar-refractivity contribution < 1.29 is 4.74 Å². The molecule has 0 aliphatic heterocycles. The van der Waals surface area contributed by atoms with Crippen LogP contribution in [0.3, 0.4) is 0 Å². The molecular formula is C13H17NO. The first-order valence-corrected chi connectivity index (χ1v) is 5.12. The number of benzene rings is 1. The highest BCUT2D eigenvalue weighted by Crippen LogP contribution is 2.19. The Morgan fingerprint density at radius 1 is 1.40 bits per heavy atom. The van der Waals surface area contributed by atoms with Gasteiger partial charge in [-0.25, -0.2) is 0 Å². The largest absolute Gasteiger partial charge is 0.497 e. The van der Waals surface area contributed by atoms with Gasteiger partial charge >= 0.3 is 0 Å². The SMILES string of the molecule is C#CCC(NCC)c1ccc(OC)cc1. The van der Waals surface area contributed by atoms with Crippen LogP contribution in [-0.2, 0) is 0 Å². The summed E-state index contributed by atoms with van der Waals surface area (Å²) in [4.78, 5) is 0. The Morgan fingerprint density at radius 2 is 2.07 bits per heavy atom. The van der Waals surface area contributed by atoms with Crippen molar-refractivity contribution in [2.75, 3.05) is 13.7 Å². The zero-order valence-corrected chi connectivity index (χ0v) is 9.29. The smallest absolute Gasteiger partial charge is 0.118 e. The first-order chi connectivity index (χ1) is 7.31. The highest BCUT2D eigenvalue weighted by atomic mass is 16.5. The minimum absolute atomic E-state index is 0.242. The molecule has 0 radical (unpaired) electrons. The summed E-state index contributed by atoms with van der Waals surface area (Å²) in [6.45, 7) is 2.99. The van der Waals surface area contributed by atoms with Crippen molar-refractivity contribution in [3.05, 3.63) is 29.8 Å². The van der Waals surface area contributed by atoms with Crippen LogP contribution in [-0.4, -0.2) is 13.7 Å². The molecule has 0 bridgehead atoms. The Labute approximate surface area is 91.6 Å². The van der Waals surface area contributed by atoms with E-state index in [1.165, 1.54) is 5.56 Å². The second-order valence-electron chi connectivity index (χ2n) is 3.29. The fourth-order valence-electron chi connectivity index (χ4n) is 1.51. The molecule has 0 heterocycles. The molecule has 1 N–H and O–H groups in total. The first-order valence-electron chi connectivity index (χ1n) is 5.12. The standard InChI is InChI=1S/C13H17NO/c1-4-6-13(14-5-2)11-7-9-12(15-3)10-8-11/h1,7-10,13-14H,5-6H2,2-3H3. The van der Waals surface area contributed by atoms with Crippen LogP contribution in [0.1, 0.15) is 24.9 Å². The maximum Gasteiger partial charge on any atom is 0.118 e. The Balaban J connectivity index is 2.77. The number of terminal acetylenes is 1. The van der Waals surface area contributed by atoms with Gasteiger partial charge in [-0.2, -0.15) is 0 Å². The van der Waals surface area contributed by atoms with E-state index in [0.29, 0.717) is 6.42 Å². The third-order valence-electron chi connectivity index (χ3n) is 2.29. The molecule has 0 aromatic heterocycles. The minimum atomic E-state index is 0.242. The monoisotopic (exact) mass is 203 g/mol. The lowest BCUT2D eigenvalue weighted by Crippen LogP contribution is -2.20. The van der Waals surface area contributed by atoms with Gasteiger partial charge < -0.3 is 10.1 Å². The fourth-order valence-corrected chi connectivity index (χ4v) is 1.51. The maximum absolute atomic E-state index is 5.34. The third-order valence-corrected chi connectivity index (χ3v) is 2.29. The van der Waals surface area contributed by atoms with Crippen molar-refractivity contribution in [2.45, 2.75) is 19.4 Å². The molecule has 0 saturated heterocycles. The first kappa shape index (κ1) is 11.6. The quantitative estimate of drug-likeness (QED) is 0.742. The molecule has 1 aromatic rings. The lowest BCUT2D eigenvalue weighted by molar-refractivity contribution is 0.414. The van der Waals surface area contributed by atoms with Crippen molar-refractivity contribution >= 4 is 0 Å². The van der Waals surface area contributed by atoms with Gasteiger partial charge in [0.25, 0.3) is 0 Å². The van der Waals surface area contributed by atoms with Crippen molar-refractivity contribution in [1.82, 2.24) is 5.32 Å². The highest BCUT2D eigenvalue weighted by molar-refractivity contribution is 5.29. The summed E-state index contributed by atoms with van der Waals surface area (Å²) in [5.41, 5.74) is 1.20. The second-order valence-corrected chi connectivity index (χ2v) is 3.29. The lowest BCUT2D eigenvalue weighted by Gasteiger charge is -2.15. The number of nitrogens with one attached hydrogen (secondary N) is 1. The number of ether oxygens (including phenoxy) is 1. The van der Waals surface area contributed by atoms with E-state index in [9.17, 15) is 0 Å². The molecule has 2 nitrogen and oxygen atoms in total. The second kappa shape index (κ2) is 6.10. The molecule has 2 heteroatoms. The topological polar surface area (TPSA) is 21.3 Å². The van der Waals surface area contributed by atoms with Crippen LogP contribution in [0.25, 0.3) is 0 Å². The van der Waals surface area contributed by atoms with Crippen molar-refractivity contribution in [3.63, 3.8) is 0 Å². The third kappa shape index (κ3) is 3.30. The highest BCUT2D eigenvalue weighted by Gasteiger charge is 2.08. The average Bonchev–Trinajstić information content (AvgIpc) is 2.29. The van der Waals surface area contributed by atoms with Crippen molar-refractivity contribution in [2.24, 2.45) is 0 Å². The summed E-state index contributed by atoms with van der Waals surface area (Å²) in [5.74, 6) is 3.56. The van der Waals surface area contributed by atoms with Crippen LogP contribution in [0.2, 0.25) is 0 Å². The van der Waals surface area contributed by atoms with E-state index in [0.717, 1.165) is 12.3 Å². The van der Waals surface area contributed by atoms with Gasteiger partial charge in [0.1, 0.15) is 5.75 Å². The summed E-state index contributed by atoms with van der Waals surface area (Å²) >= 11 is 0. The maximum atomic E-state index is 5.34. The normalized spacial score (nSPS) is 11.8. The number of hydrogen-bond donors (Lipinski definition) is 1. The molecular weight excluding hydrogens is 186 g/mol. The molecule has 1 rings (SSSR count). The summed E-state index contributed by atoms with van der Waals surface area (Å²) in [7, 11) is 1.66. The van der Waals surface area contributed by atoms with Gasteiger partial charge in [-0.1, -0.05) is 19.1 Å². The van der Waals surface area contributed by atoms with E-state index in [2.05, 4.69) is 18.2 Å². The van der Waals surface area contributed by atoms with E-state index in [1.54, 1.807) is 7.11 Å². The molecule has 0 aliphatic rings. The molecule has 80 valence electrons. The van der Waals surface area contributed by atoms with Gasteiger partial charge in [-0.15, -0.1) is 12.3 Å². The van der Waals surface area contributed by atoms with E-state index >= 15 is 0 Å². The molecule has 0 saturated carbocycles. The molecule has 0 spiro atoms. The van der Waals surface area contributed by atoms with Crippen LogP contribution in [0, 0.1) is 12.3 Å². The predicted octanol–water partition coefficient (Wildman–Crippen LogP) is 2.37. The molecule has 0 fully saturated rings. The molecule has 1 aromatic carbocycles. The van der Waals surface area contributed by atoms with Crippen LogP contribution in [0.4, 0.5) is 0 Å². The Bertz CT molecular complexity index is 323. The van der Waals surface area contributed by atoms with Gasteiger partial charge in [0.2, 0.25) is 0 Å². The van der Waals surface area contributed by atoms with Crippen LogP contribution in [0.5, 0.6) is 5.75 Å². The Hall–Kier alpha value is -1.46. The van der Waals surface area contributed by atoms with Crippen LogP contribution in [0.15, 0.2) is 24.3 Å². The van der Waals surface area contributed by atoms with Crippen LogP contribution >= 0.6 is 0 Å². The Kier molecular flexibility index (Phi) is 4.73. The van der Waals surface area contributed by atoms with Crippen molar-refractivity contribution in [3.8, 4) is 18.1 Å². The van der Waals surface area contributed by atoms with Gasteiger partial charge in [0.15, 0.2) is 0 Å². The lowest BCUT2D eigenvalue weighted by atomic mass is 10.0. The number of hydrogen-bond acceptors (Lipinski definition) is 2. The number of methoxy groups -OCH3 is 1. The summed E-state index contributed by atoms with van der Waals surface area (Å²) < 4.78 is 5.11. The van der Waals surface area contributed by atoms with Gasteiger partial charge in [-0.3, -0.25) is 0 Å². The molecule has 1 atom stereocenters. The zero-order chi connectivity index (χ0) is 11.1. The fraction of sp³-hybridized carbons (Fsp3) is 0.385. The molecule has 1 unspecified atom stereocenters. The van der Waals surface area contributed by atoms with Gasteiger partial charge in [0.05, 0.1) is 7.11 Å². The predicted molar refractivity (Wildman–Crippen MR) is 62.9 cm³/mol. The van der Waals surface area contributed by atoms with E-state index in [1.807, 2.05) is 24.3 Å². The van der Waals surface area contributed by atoms with E-state index in [4.69, 9.17) is 11.2 Å². The minimum Gasteiger partial charge on any atom is -0.497 e. The zero-order valence-electron chi connectivity index (χ0n) is 9.29. The number of rotatable bonds is 5. The summed E-state index contributed by atoms with van der Waals surface area (Å²) in [6, 6.07) is 8.24. The van der Waals surface area contributed by atoms with Gasteiger partial charge in [-0.05, 0) is 24.2 Å².